The Morgan fingerprint density at radius 3 is 2.84 bits per heavy atom. The quantitative estimate of drug-likeness (QED) is 0.911. The molecule has 0 saturated carbocycles. The molecule has 0 saturated heterocycles. The second kappa shape index (κ2) is 6.17. The number of benzene rings is 1. The molecule has 5 heteroatoms. The van der Waals surface area contributed by atoms with E-state index in [1.807, 2.05) is 13.2 Å². The Kier molecular flexibility index (Phi) is 4.56. The summed E-state index contributed by atoms with van der Waals surface area (Å²) in [5.41, 5.74) is 1.53. The molecule has 0 aliphatic heterocycles. The number of hydrogen-bond acceptors (Lipinski definition) is 2. The van der Waals surface area contributed by atoms with Crippen LogP contribution in [0.2, 0.25) is 5.02 Å². The first-order chi connectivity index (χ1) is 9.11. The maximum absolute atomic E-state index is 14.1. The van der Waals surface area contributed by atoms with Crippen LogP contribution in [0.3, 0.4) is 0 Å². The average molecular weight is 282 g/mol. The number of rotatable bonds is 5. The molecule has 1 atom stereocenters. The van der Waals surface area contributed by atoms with Gasteiger partial charge in [0.1, 0.15) is 5.82 Å². The smallest absolute Gasteiger partial charge is 0.129 e. The number of hydrogen-bond donors (Lipinski definition) is 1. The third-order valence-electron chi connectivity index (χ3n) is 2.93. The lowest BCUT2D eigenvalue weighted by Gasteiger charge is -2.18. The van der Waals surface area contributed by atoms with Crippen LogP contribution in [0.1, 0.15) is 30.5 Å². The summed E-state index contributed by atoms with van der Waals surface area (Å²) in [6.07, 6.45) is 4.62. The monoisotopic (exact) mass is 281 g/mol. The van der Waals surface area contributed by atoms with Gasteiger partial charge in [0, 0.05) is 29.4 Å². The first kappa shape index (κ1) is 14.0. The molecule has 1 aromatic heterocycles. The molecule has 1 N–H and O–H groups in total. The molecule has 102 valence electrons. The molecular formula is C14H17ClFN3. The molecule has 0 amide bonds. The highest BCUT2D eigenvalue weighted by molar-refractivity contribution is 6.30. The van der Waals surface area contributed by atoms with E-state index in [1.54, 1.807) is 23.0 Å². The van der Waals surface area contributed by atoms with E-state index in [1.165, 1.54) is 6.07 Å². The van der Waals surface area contributed by atoms with Crippen molar-refractivity contribution in [3.05, 3.63) is 52.6 Å². The maximum atomic E-state index is 14.1. The highest BCUT2D eigenvalue weighted by Gasteiger charge is 2.18. The average Bonchev–Trinajstić information content (AvgIpc) is 2.78. The van der Waals surface area contributed by atoms with Gasteiger partial charge < -0.3 is 5.32 Å². The van der Waals surface area contributed by atoms with Crippen LogP contribution in [0.4, 0.5) is 4.39 Å². The summed E-state index contributed by atoms with van der Waals surface area (Å²) < 4.78 is 15.8. The van der Waals surface area contributed by atoms with Crippen molar-refractivity contribution in [1.29, 1.82) is 0 Å². The van der Waals surface area contributed by atoms with Gasteiger partial charge in [-0.15, -0.1) is 0 Å². The highest BCUT2D eigenvalue weighted by Crippen LogP contribution is 2.26. The van der Waals surface area contributed by atoms with Gasteiger partial charge in [-0.05, 0) is 25.1 Å². The van der Waals surface area contributed by atoms with Crippen molar-refractivity contribution < 1.29 is 4.39 Å². The van der Waals surface area contributed by atoms with E-state index in [2.05, 4.69) is 17.3 Å². The van der Waals surface area contributed by atoms with Gasteiger partial charge in [0.25, 0.3) is 0 Å². The molecule has 0 aliphatic rings. The first-order valence-electron chi connectivity index (χ1n) is 6.28. The van der Waals surface area contributed by atoms with Crippen LogP contribution in [0, 0.1) is 5.82 Å². The lowest BCUT2D eigenvalue weighted by molar-refractivity contribution is 0.546. The molecule has 3 nitrogen and oxygen atoms in total. The molecule has 2 aromatic rings. The number of nitrogens with zero attached hydrogens (tertiary/aromatic N) is 2. The minimum Gasteiger partial charge on any atom is -0.306 e. The molecule has 2 rings (SSSR count). The summed E-state index contributed by atoms with van der Waals surface area (Å²) in [4.78, 5) is 0. The Balaban J connectivity index is 2.36. The molecule has 1 heterocycles. The van der Waals surface area contributed by atoms with Crippen LogP contribution < -0.4 is 5.32 Å². The van der Waals surface area contributed by atoms with Gasteiger partial charge >= 0.3 is 0 Å². The van der Waals surface area contributed by atoms with Gasteiger partial charge in [-0.25, -0.2) is 4.39 Å². The summed E-state index contributed by atoms with van der Waals surface area (Å²) in [7, 11) is 1.85. The minimum absolute atomic E-state index is 0.203. The summed E-state index contributed by atoms with van der Waals surface area (Å²) in [6.45, 7) is 2.88. The Labute approximate surface area is 117 Å². The Morgan fingerprint density at radius 2 is 2.26 bits per heavy atom. The normalized spacial score (nSPS) is 12.6. The predicted octanol–water partition coefficient (Wildman–Crippen LogP) is 3.30. The van der Waals surface area contributed by atoms with Crippen molar-refractivity contribution in [3.8, 4) is 0 Å². The van der Waals surface area contributed by atoms with E-state index in [4.69, 9.17) is 11.6 Å². The fraction of sp³-hybridized carbons (Fsp3) is 0.357. The van der Waals surface area contributed by atoms with Crippen molar-refractivity contribution >= 4 is 11.6 Å². The van der Waals surface area contributed by atoms with Crippen molar-refractivity contribution in [2.24, 2.45) is 7.05 Å². The molecule has 0 fully saturated rings. The van der Waals surface area contributed by atoms with Gasteiger partial charge in [-0.3, -0.25) is 4.68 Å². The van der Waals surface area contributed by atoms with Crippen molar-refractivity contribution in [3.63, 3.8) is 0 Å². The van der Waals surface area contributed by atoms with Crippen LogP contribution in [0.5, 0.6) is 0 Å². The summed E-state index contributed by atoms with van der Waals surface area (Å²) >= 11 is 5.80. The Bertz CT molecular complexity index is 553. The summed E-state index contributed by atoms with van der Waals surface area (Å²) in [6, 6.07) is 4.56. The third-order valence-corrected chi connectivity index (χ3v) is 3.17. The van der Waals surface area contributed by atoms with E-state index in [9.17, 15) is 4.39 Å². The molecule has 0 aliphatic carbocycles. The van der Waals surface area contributed by atoms with Gasteiger partial charge in [-0.2, -0.15) is 5.10 Å². The van der Waals surface area contributed by atoms with Crippen molar-refractivity contribution in [2.75, 3.05) is 6.54 Å². The number of aromatic nitrogens is 2. The van der Waals surface area contributed by atoms with E-state index in [0.717, 1.165) is 18.5 Å². The van der Waals surface area contributed by atoms with Crippen molar-refractivity contribution in [2.45, 2.75) is 19.4 Å². The lowest BCUT2D eigenvalue weighted by Crippen LogP contribution is -2.23. The van der Waals surface area contributed by atoms with E-state index in [-0.39, 0.29) is 11.9 Å². The number of halogens is 2. The topological polar surface area (TPSA) is 29.9 Å². The van der Waals surface area contributed by atoms with Crippen LogP contribution in [0.25, 0.3) is 0 Å². The fourth-order valence-electron chi connectivity index (χ4n) is 2.02. The number of aryl methyl sites for hydroxylation is 1. The SMILES string of the molecule is CCCNC(c1cnn(C)c1)c1ccc(Cl)cc1F. The molecule has 0 radical (unpaired) electrons. The zero-order valence-corrected chi connectivity index (χ0v) is 11.8. The van der Waals surface area contributed by atoms with E-state index < -0.39 is 0 Å². The second-order valence-corrected chi connectivity index (χ2v) is 4.94. The zero-order valence-electron chi connectivity index (χ0n) is 11.0. The third kappa shape index (κ3) is 3.33. The largest absolute Gasteiger partial charge is 0.306 e. The summed E-state index contributed by atoms with van der Waals surface area (Å²) in [5.74, 6) is -0.301. The van der Waals surface area contributed by atoms with Crippen LogP contribution >= 0.6 is 11.6 Å². The van der Waals surface area contributed by atoms with Crippen LogP contribution in [-0.4, -0.2) is 16.3 Å². The van der Waals surface area contributed by atoms with Gasteiger partial charge in [0.05, 0.1) is 12.2 Å². The highest BCUT2D eigenvalue weighted by atomic mass is 35.5. The van der Waals surface area contributed by atoms with Crippen LogP contribution in [0.15, 0.2) is 30.6 Å². The first-order valence-corrected chi connectivity index (χ1v) is 6.66. The molecule has 0 spiro atoms. The maximum Gasteiger partial charge on any atom is 0.129 e. The van der Waals surface area contributed by atoms with Crippen LogP contribution in [-0.2, 0) is 7.05 Å². The van der Waals surface area contributed by atoms with Gasteiger partial charge in [0.15, 0.2) is 0 Å². The lowest BCUT2D eigenvalue weighted by atomic mass is 10.0. The van der Waals surface area contributed by atoms with Crippen molar-refractivity contribution in [1.82, 2.24) is 15.1 Å². The Hall–Kier alpha value is -1.39. The second-order valence-electron chi connectivity index (χ2n) is 4.50. The van der Waals surface area contributed by atoms with E-state index in [0.29, 0.717) is 10.6 Å². The minimum atomic E-state index is -0.301. The standard InChI is InChI=1S/C14H17ClFN3/c1-3-6-17-14(10-8-18-19(2)9-10)12-5-4-11(15)7-13(12)16/h4-5,7-9,14,17H,3,6H2,1-2H3. The molecule has 0 bridgehead atoms. The fourth-order valence-corrected chi connectivity index (χ4v) is 2.18. The zero-order chi connectivity index (χ0) is 13.8. The molecule has 1 unspecified atom stereocenters. The van der Waals surface area contributed by atoms with Gasteiger partial charge in [-0.1, -0.05) is 24.6 Å². The van der Waals surface area contributed by atoms with E-state index >= 15 is 0 Å². The van der Waals surface area contributed by atoms with Gasteiger partial charge in [0.2, 0.25) is 0 Å². The predicted molar refractivity (Wildman–Crippen MR) is 74.8 cm³/mol. The summed E-state index contributed by atoms with van der Waals surface area (Å²) in [5, 5.41) is 7.89. The molecular weight excluding hydrogens is 265 g/mol. The molecule has 1 aromatic carbocycles. The Morgan fingerprint density at radius 1 is 1.47 bits per heavy atom. The molecule has 19 heavy (non-hydrogen) atoms. The number of nitrogens with one attached hydrogen (secondary N) is 1.